The van der Waals surface area contributed by atoms with Crippen molar-refractivity contribution in [3.05, 3.63) is 95.2 Å². The molecule has 2 aromatic heterocycles. The quantitative estimate of drug-likeness (QED) is 0.190. The van der Waals surface area contributed by atoms with Crippen LogP contribution >= 0.6 is 0 Å². The fourth-order valence-corrected chi connectivity index (χ4v) is 7.04. The first-order chi connectivity index (χ1) is 23.1. The number of ether oxygens (including phenoxy) is 1. The molecule has 3 heterocycles. The molecular formula is C38H45FN6O3. The zero-order valence-corrected chi connectivity index (χ0v) is 28.2. The molecule has 1 saturated heterocycles. The lowest BCUT2D eigenvalue weighted by Gasteiger charge is -2.36. The predicted octanol–water partition coefficient (Wildman–Crippen LogP) is 6.47. The molecule has 0 unspecified atom stereocenters. The zero-order valence-electron chi connectivity index (χ0n) is 28.2. The van der Waals surface area contributed by atoms with Crippen molar-refractivity contribution in [3.8, 4) is 22.8 Å². The number of halogens is 1. The van der Waals surface area contributed by atoms with Crippen LogP contribution in [0.2, 0.25) is 0 Å². The highest BCUT2D eigenvalue weighted by Gasteiger charge is 2.27. The molecule has 1 aliphatic carbocycles. The summed E-state index contributed by atoms with van der Waals surface area (Å²) in [7, 11) is 1.83. The minimum atomic E-state index is -0.613. The van der Waals surface area contributed by atoms with E-state index < -0.39 is 11.7 Å². The Kier molecular flexibility index (Phi) is 10.3. The van der Waals surface area contributed by atoms with Gasteiger partial charge < -0.3 is 15.4 Å². The van der Waals surface area contributed by atoms with Crippen LogP contribution in [0.15, 0.2) is 66.9 Å². The summed E-state index contributed by atoms with van der Waals surface area (Å²) in [5.74, 6) is -0.199. The van der Waals surface area contributed by atoms with Crippen LogP contribution in [0.1, 0.15) is 78.1 Å². The summed E-state index contributed by atoms with van der Waals surface area (Å²) in [6.45, 7) is 9.26. The molecule has 2 aliphatic rings. The number of amides is 1. The minimum absolute atomic E-state index is 0.0460. The molecule has 6 rings (SSSR count). The van der Waals surface area contributed by atoms with E-state index in [1.54, 1.807) is 10.7 Å². The Balaban J connectivity index is 1.08. The number of benzene rings is 2. The Morgan fingerprint density at radius 3 is 2.40 bits per heavy atom. The van der Waals surface area contributed by atoms with E-state index in [1.807, 2.05) is 38.2 Å². The van der Waals surface area contributed by atoms with Crippen molar-refractivity contribution in [1.29, 1.82) is 0 Å². The second-order valence-corrected chi connectivity index (χ2v) is 13.6. The molecule has 10 heteroatoms. The molecule has 2 aromatic carbocycles. The number of Topliss-reactive ketones (excluding diaryl/α,β-unsaturated/α-hetero) is 1. The SMILES string of the molecule is Cc1cc(C(=O)CC2CCC(NC(=O)c3cc(F)cnc3Oc3cccc(-c4cccc(CN5C[C@@H](C)N[C@@H](C)C5)c4)c3)CC2)nn1C. The number of carbonyl (C=O) groups is 2. The molecule has 0 radical (unpaired) electrons. The van der Waals surface area contributed by atoms with Gasteiger partial charge in [0, 0.05) is 56.9 Å². The smallest absolute Gasteiger partial charge is 0.257 e. The topological polar surface area (TPSA) is 101 Å². The van der Waals surface area contributed by atoms with Gasteiger partial charge in [0.1, 0.15) is 22.8 Å². The standard InChI is InChI=1S/C38H45FN6O3/c1-24-21-45(22-25(2)41-24)23-28-7-5-8-29(16-28)30-9-6-10-33(18-30)48-38-34(19-31(39)20-40-38)37(47)42-32-13-11-27(12-14-32)17-36(46)35-15-26(3)44(4)43-35/h5-10,15-16,18-20,24-25,27,32,41H,11-14,17,21-23H2,1-4H3,(H,42,47)/t24-,25+,27?,32?. The van der Waals surface area contributed by atoms with Gasteiger partial charge in [0.25, 0.3) is 5.91 Å². The van der Waals surface area contributed by atoms with Crippen molar-refractivity contribution in [3.63, 3.8) is 0 Å². The molecule has 1 aliphatic heterocycles. The zero-order chi connectivity index (χ0) is 33.8. The number of rotatable bonds is 10. The van der Waals surface area contributed by atoms with Crippen LogP contribution < -0.4 is 15.4 Å². The summed E-state index contributed by atoms with van der Waals surface area (Å²) in [6.07, 6.45) is 4.60. The second kappa shape index (κ2) is 14.8. The second-order valence-electron chi connectivity index (χ2n) is 13.6. The van der Waals surface area contributed by atoms with E-state index in [9.17, 15) is 14.0 Å². The van der Waals surface area contributed by atoms with Gasteiger partial charge in [-0.2, -0.15) is 5.10 Å². The number of carbonyl (C=O) groups excluding carboxylic acids is 2. The third kappa shape index (κ3) is 8.35. The van der Waals surface area contributed by atoms with E-state index in [0.717, 1.165) is 68.3 Å². The monoisotopic (exact) mass is 652 g/mol. The first-order valence-corrected chi connectivity index (χ1v) is 17.0. The number of aryl methyl sites for hydroxylation is 2. The van der Waals surface area contributed by atoms with Crippen molar-refractivity contribution < 1.29 is 18.7 Å². The summed E-state index contributed by atoms with van der Waals surface area (Å²) in [5.41, 5.74) is 4.77. The van der Waals surface area contributed by atoms with E-state index in [4.69, 9.17) is 4.74 Å². The van der Waals surface area contributed by atoms with Gasteiger partial charge in [-0.1, -0.05) is 30.3 Å². The van der Waals surface area contributed by atoms with Crippen LogP contribution in [-0.4, -0.2) is 62.6 Å². The van der Waals surface area contributed by atoms with Gasteiger partial charge in [-0.05, 0) is 99.4 Å². The van der Waals surface area contributed by atoms with Gasteiger partial charge in [-0.15, -0.1) is 0 Å². The van der Waals surface area contributed by atoms with Crippen LogP contribution in [0.3, 0.4) is 0 Å². The van der Waals surface area contributed by atoms with Gasteiger partial charge in [0.15, 0.2) is 5.78 Å². The number of ketones is 1. The lowest BCUT2D eigenvalue weighted by Crippen LogP contribution is -2.53. The third-order valence-electron chi connectivity index (χ3n) is 9.47. The Morgan fingerprint density at radius 2 is 1.69 bits per heavy atom. The van der Waals surface area contributed by atoms with Gasteiger partial charge in [-0.3, -0.25) is 19.2 Å². The normalized spacial score (nSPS) is 21.5. The average molecular weight is 653 g/mol. The van der Waals surface area contributed by atoms with Crippen molar-refractivity contribution in [1.82, 2.24) is 30.3 Å². The Morgan fingerprint density at radius 1 is 0.979 bits per heavy atom. The highest BCUT2D eigenvalue weighted by molar-refractivity contribution is 5.96. The molecule has 48 heavy (non-hydrogen) atoms. The average Bonchev–Trinajstić information content (AvgIpc) is 3.40. The minimum Gasteiger partial charge on any atom is -0.438 e. The molecule has 1 saturated carbocycles. The maximum Gasteiger partial charge on any atom is 0.257 e. The number of hydrogen-bond donors (Lipinski definition) is 2. The predicted molar refractivity (Wildman–Crippen MR) is 184 cm³/mol. The Hall–Kier alpha value is -4.41. The summed E-state index contributed by atoms with van der Waals surface area (Å²) < 4.78 is 22.2. The van der Waals surface area contributed by atoms with E-state index in [-0.39, 0.29) is 29.2 Å². The number of piperazine rings is 1. The number of pyridine rings is 1. The molecule has 2 fully saturated rings. The third-order valence-corrected chi connectivity index (χ3v) is 9.47. The molecule has 2 atom stereocenters. The van der Waals surface area contributed by atoms with Gasteiger partial charge in [-0.25, -0.2) is 9.37 Å². The number of aromatic nitrogens is 3. The maximum absolute atomic E-state index is 14.4. The fraction of sp³-hybridized carbons (Fsp3) is 0.421. The van der Waals surface area contributed by atoms with Crippen molar-refractivity contribution >= 4 is 11.7 Å². The molecule has 9 nitrogen and oxygen atoms in total. The van der Waals surface area contributed by atoms with E-state index in [1.165, 1.54) is 11.6 Å². The fourth-order valence-electron chi connectivity index (χ4n) is 7.04. The summed E-state index contributed by atoms with van der Waals surface area (Å²) in [6, 6.07) is 20.0. The molecule has 4 aromatic rings. The summed E-state index contributed by atoms with van der Waals surface area (Å²) >= 11 is 0. The molecule has 252 valence electrons. The van der Waals surface area contributed by atoms with Crippen LogP contribution in [0.5, 0.6) is 11.6 Å². The number of hydrogen-bond acceptors (Lipinski definition) is 7. The van der Waals surface area contributed by atoms with Crippen molar-refractivity contribution in [2.45, 2.75) is 77.5 Å². The van der Waals surface area contributed by atoms with Gasteiger partial charge in [0.2, 0.25) is 5.88 Å². The first kappa shape index (κ1) is 33.5. The van der Waals surface area contributed by atoms with Crippen LogP contribution in [0, 0.1) is 18.7 Å². The van der Waals surface area contributed by atoms with E-state index in [0.29, 0.717) is 29.9 Å². The van der Waals surface area contributed by atoms with Crippen LogP contribution in [-0.2, 0) is 13.6 Å². The highest BCUT2D eigenvalue weighted by atomic mass is 19.1. The molecule has 0 bridgehead atoms. The van der Waals surface area contributed by atoms with Gasteiger partial charge in [0.05, 0.1) is 6.20 Å². The summed E-state index contributed by atoms with van der Waals surface area (Å²) in [4.78, 5) is 32.8. The highest BCUT2D eigenvalue weighted by Crippen LogP contribution is 2.31. The maximum atomic E-state index is 14.4. The lowest BCUT2D eigenvalue weighted by atomic mass is 9.82. The Labute approximate surface area is 281 Å². The van der Waals surface area contributed by atoms with Crippen LogP contribution in [0.25, 0.3) is 11.1 Å². The molecule has 0 spiro atoms. The van der Waals surface area contributed by atoms with Crippen molar-refractivity contribution in [2.24, 2.45) is 13.0 Å². The van der Waals surface area contributed by atoms with E-state index >= 15 is 0 Å². The number of nitrogens with zero attached hydrogens (tertiary/aromatic N) is 4. The largest absolute Gasteiger partial charge is 0.438 e. The molecule has 1 amide bonds. The molecular weight excluding hydrogens is 607 g/mol. The summed E-state index contributed by atoms with van der Waals surface area (Å²) in [5, 5.41) is 11.0. The number of nitrogens with one attached hydrogen (secondary N) is 2. The van der Waals surface area contributed by atoms with Gasteiger partial charge >= 0.3 is 0 Å². The first-order valence-electron chi connectivity index (χ1n) is 17.0. The van der Waals surface area contributed by atoms with E-state index in [2.05, 4.69) is 63.7 Å². The van der Waals surface area contributed by atoms with Crippen molar-refractivity contribution in [2.75, 3.05) is 13.1 Å². The lowest BCUT2D eigenvalue weighted by molar-refractivity contribution is 0.0892. The molecule has 2 N–H and O–H groups in total. The Bertz CT molecular complexity index is 1740. The van der Waals surface area contributed by atoms with Crippen LogP contribution in [0.4, 0.5) is 4.39 Å².